The van der Waals surface area contributed by atoms with Crippen LogP contribution in [0.15, 0.2) is 0 Å². The summed E-state index contributed by atoms with van der Waals surface area (Å²) in [4.78, 5) is 0. The zero-order valence-electron chi connectivity index (χ0n) is 5.56. The van der Waals surface area contributed by atoms with Crippen molar-refractivity contribution >= 4 is 0 Å². The van der Waals surface area contributed by atoms with Gasteiger partial charge in [-0.15, -0.1) is 0 Å². The SMILES string of the molecule is C[C@H]1CCC[C@H]2C[C@H]21. The molecule has 0 bridgehead atoms. The fourth-order valence-corrected chi connectivity index (χ4v) is 2.22. The fraction of sp³-hybridized carbons (Fsp3) is 1.00. The van der Waals surface area contributed by atoms with E-state index in [1.807, 2.05) is 0 Å². The van der Waals surface area contributed by atoms with Gasteiger partial charge in [-0.05, 0) is 24.2 Å². The summed E-state index contributed by atoms with van der Waals surface area (Å²) in [5.74, 6) is 3.43. The maximum Gasteiger partial charge on any atom is -0.0357 e. The summed E-state index contributed by atoms with van der Waals surface area (Å²) >= 11 is 0. The van der Waals surface area contributed by atoms with E-state index in [1.165, 1.54) is 24.7 Å². The first-order valence-electron chi connectivity index (χ1n) is 3.88. The molecular formula is C8H14. The van der Waals surface area contributed by atoms with Crippen LogP contribution in [-0.2, 0) is 0 Å². The van der Waals surface area contributed by atoms with Crippen LogP contribution in [-0.4, -0.2) is 0 Å². The van der Waals surface area contributed by atoms with Gasteiger partial charge in [-0.3, -0.25) is 0 Å². The summed E-state index contributed by atoms with van der Waals surface area (Å²) in [5, 5.41) is 0. The van der Waals surface area contributed by atoms with Crippen LogP contribution in [0.4, 0.5) is 0 Å². The van der Waals surface area contributed by atoms with E-state index >= 15 is 0 Å². The zero-order valence-corrected chi connectivity index (χ0v) is 5.56. The van der Waals surface area contributed by atoms with E-state index in [-0.39, 0.29) is 0 Å². The average Bonchev–Trinajstić information content (AvgIpc) is 2.45. The van der Waals surface area contributed by atoms with E-state index < -0.39 is 0 Å². The lowest BCUT2D eigenvalue weighted by Crippen LogP contribution is -2.04. The first-order valence-corrected chi connectivity index (χ1v) is 3.88. The summed E-state index contributed by atoms with van der Waals surface area (Å²) in [6.45, 7) is 2.42. The third-order valence-corrected chi connectivity index (χ3v) is 2.94. The van der Waals surface area contributed by atoms with E-state index in [9.17, 15) is 0 Å². The molecule has 46 valence electrons. The third kappa shape index (κ3) is 0.586. The molecule has 2 rings (SSSR count). The molecule has 0 aromatic carbocycles. The minimum absolute atomic E-state index is 1.08. The van der Waals surface area contributed by atoms with Crippen LogP contribution in [0.2, 0.25) is 0 Å². The molecule has 2 aliphatic rings. The van der Waals surface area contributed by atoms with Crippen molar-refractivity contribution in [2.75, 3.05) is 0 Å². The normalized spacial score (nSPS) is 52.9. The Morgan fingerprint density at radius 3 is 2.75 bits per heavy atom. The summed E-state index contributed by atoms with van der Waals surface area (Å²) in [5.41, 5.74) is 0. The predicted molar refractivity (Wildman–Crippen MR) is 34.6 cm³/mol. The van der Waals surface area contributed by atoms with Crippen LogP contribution in [0.5, 0.6) is 0 Å². The van der Waals surface area contributed by atoms with Crippen LogP contribution in [0.3, 0.4) is 0 Å². The molecule has 0 amide bonds. The summed E-state index contributed by atoms with van der Waals surface area (Å²) in [6, 6.07) is 0. The zero-order chi connectivity index (χ0) is 5.56. The smallest absolute Gasteiger partial charge is 0.0357 e. The summed E-state index contributed by atoms with van der Waals surface area (Å²) in [6.07, 6.45) is 6.15. The quantitative estimate of drug-likeness (QED) is 0.449. The van der Waals surface area contributed by atoms with Crippen molar-refractivity contribution in [3.63, 3.8) is 0 Å². The Morgan fingerprint density at radius 2 is 2.12 bits per heavy atom. The molecule has 0 radical (unpaired) electrons. The van der Waals surface area contributed by atoms with Crippen LogP contribution >= 0.6 is 0 Å². The van der Waals surface area contributed by atoms with Crippen molar-refractivity contribution in [1.29, 1.82) is 0 Å². The van der Waals surface area contributed by atoms with Crippen molar-refractivity contribution in [3.05, 3.63) is 0 Å². The van der Waals surface area contributed by atoms with Gasteiger partial charge in [0, 0.05) is 0 Å². The highest BCUT2D eigenvalue weighted by Crippen LogP contribution is 2.52. The number of fused-ring (bicyclic) bond motifs is 1. The third-order valence-electron chi connectivity index (χ3n) is 2.94. The topological polar surface area (TPSA) is 0 Å². The van der Waals surface area contributed by atoms with Crippen LogP contribution < -0.4 is 0 Å². The molecule has 0 aliphatic heterocycles. The highest BCUT2D eigenvalue weighted by Gasteiger charge is 2.42. The molecule has 0 unspecified atom stereocenters. The second-order valence-electron chi connectivity index (χ2n) is 3.57. The Hall–Kier alpha value is 0. The first kappa shape index (κ1) is 4.84. The second kappa shape index (κ2) is 1.49. The van der Waals surface area contributed by atoms with Crippen molar-refractivity contribution in [1.82, 2.24) is 0 Å². The highest BCUT2D eigenvalue weighted by molar-refractivity contribution is 4.92. The molecule has 0 heteroatoms. The molecule has 0 aromatic heterocycles. The summed E-state index contributed by atoms with van der Waals surface area (Å²) in [7, 11) is 0. The van der Waals surface area contributed by atoms with Gasteiger partial charge in [0.1, 0.15) is 0 Å². The Morgan fingerprint density at radius 1 is 1.25 bits per heavy atom. The van der Waals surface area contributed by atoms with E-state index in [0.717, 1.165) is 5.92 Å². The molecule has 0 nitrogen and oxygen atoms in total. The number of hydrogen-bond donors (Lipinski definition) is 0. The van der Waals surface area contributed by atoms with E-state index in [4.69, 9.17) is 0 Å². The number of hydrogen-bond acceptors (Lipinski definition) is 0. The predicted octanol–water partition coefficient (Wildman–Crippen LogP) is 2.44. The Balaban J connectivity index is 1.99. The van der Waals surface area contributed by atoms with Crippen LogP contribution in [0.25, 0.3) is 0 Å². The van der Waals surface area contributed by atoms with Crippen molar-refractivity contribution in [3.8, 4) is 0 Å². The van der Waals surface area contributed by atoms with Gasteiger partial charge in [-0.25, -0.2) is 0 Å². The number of rotatable bonds is 0. The summed E-state index contributed by atoms with van der Waals surface area (Å²) < 4.78 is 0. The maximum absolute atomic E-state index is 2.42. The monoisotopic (exact) mass is 110 g/mol. The molecule has 0 aromatic rings. The van der Waals surface area contributed by atoms with E-state index in [1.54, 1.807) is 12.8 Å². The molecule has 2 fully saturated rings. The molecule has 2 saturated carbocycles. The molecule has 0 spiro atoms. The molecular weight excluding hydrogens is 96.1 g/mol. The average molecular weight is 110 g/mol. The van der Waals surface area contributed by atoms with Gasteiger partial charge in [0.15, 0.2) is 0 Å². The lowest BCUT2D eigenvalue weighted by atomic mass is 9.91. The molecule has 2 aliphatic carbocycles. The van der Waals surface area contributed by atoms with Crippen LogP contribution in [0.1, 0.15) is 32.6 Å². The lowest BCUT2D eigenvalue weighted by molar-refractivity contribution is 0.362. The Bertz CT molecular complexity index is 96.2. The van der Waals surface area contributed by atoms with E-state index in [2.05, 4.69) is 6.92 Å². The minimum atomic E-state index is 1.08. The standard InChI is InChI=1S/C8H14/c1-6-3-2-4-7-5-8(6)7/h6-8H,2-5H2,1H3/t6-,7-,8-/m0/s1. The largest absolute Gasteiger partial charge is 0.0622 e. The lowest BCUT2D eigenvalue weighted by Gasteiger charge is -2.15. The van der Waals surface area contributed by atoms with Crippen molar-refractivity contribution in [2.24, 2.45) is 17.8 Å². The van der Waals surface area contributed by atoms with Crippen molar-refractivity contribution in [2.45, 2.75) is 32.6 Å². The highest BCUT2D eigenvalue weighted by atomic mass is 14.5. The van der Waals surface area contributed by atoms with Gasteiger partial charge in [-0.2, -0.15) is 0 Å². The van der Waals surface area contributed by atoms with Gasteiger partial charge >= 0.3 is 0 Å². The van der Waals surface area contributed by atoms with Gasteiger partial charge in [-0.1, -0.05) is 26.2 Å². The molecule has 3 atom stereocenters. The van der Waals surface area contributed by atoms with Gasteiger partial charge in [0.05, 0.1) is 0 Å². The first-order chi connectivity index (χ1) is 3.88. The molecule has 0 saturated heterocycles. The van der Waals surface area contributed by atoms with Gasteiger partial charge < -0.3 is 0 Å². The van der Waals surface area contributed by atoms with Crippen molar-refractivity contribution < 1.29 is 0 Å². The molecule has 0 heterocycles. The minimum Gasteiger partial charge on any atom is -0.0622 e. The Labute approximate surface area is 51.3 Å². The van der Waals surface area contributed by atoms with Crippen LogP contribution in [0, 0.1) is 17.8 Å². The van der Waals surface area contributed by atoms with Gasteiger partial charge in [0.2, 0.25) is 0 Å². The second-order valence-corrected chi connectivity index (χ2v) is 3.57. The molecule has 8 heavy (non-hydrogen) atoms. The fourth-order valence-electron chi connectivity index (χ4n) is 2.22. The van der Waals surface area contributed by atoms with E-state index in [0.29, 0.717) is 0 Å². The van der Waals surface area contributed by atoms with Gasteiger partial charge in [0.25, 0.3) is 0 Å². The molecule has 0 N–H and O–H groups in total. The Kier molecular flexibility index (Phi) is 0.902. The maximum atomic E-state index is 2.42.